The predicted octanol–water partition coefficient (Wildman–Crippen LogP) is 3.05. The molecule has 0 amide bonds. The number of nitrogens with zero attached hydrogens (tertiary/aromatic N) is 1. The highest BCUT2D eigenvalue weighted by molar-refractivity contribution is 5.89. The van der Waals surface area contributed by atoms with Crippen LogP contribution in [0.2, 0.25) is 0 Å². The van der Waals surface area contributed by atoms with Crippen LogP contribution in [0.5, 0.6) is 0 Å². The van der Waals surface area contributed by atoms with Crippen LogP contribution in [0.3, 0.4) is 0 Å². The van der Waals surface area contributed by atoms with E-state index in [1.54, 1.807) is 6.07 Å². The summed E-state index contributed by atoms with van der Waals surface area (Å²) in [6, 6.07) is 9.70. The van der Waals surface area contributed by atoms with Crippen LogP contribution in [0.15, 0.2) is 36.5 Å². The Labute approximate surface area is 100 Å². The molecule has 0 atom stereocenters. The SMILES string of the molecule is CCc1c(C(=O)O)ccn1-c1ccc(C)cc1. The zero-order valence-corrected chi connectivity index (χ0v) is 9.97. The number of benzene rings is 1. The lowest BCUT2D eigenvalue weighted by molar-refractivity contribution is 0.0696. The predicted molar refractivity (Wildman–Crippen MR) is 66.8 cm³/mol. The van der Waals surface area contributed by atoms with Crippen molar-refractivity contribution in [1.82, 2.24) is 4.57 Å². The monoisotopic (exact) mass is 229 g/mol. The molecule has 3 heteroatoms. The van der Waals surface area contributed by atoms with Crippen LogP contribution in [0.1, 0.15) is 28.5 Å². The third-order valence-corrected chi connectivity index (χ3v) is 2.87. The minimum Gasteiger partial charge on any atom is -0.478 e. The van der Waals surface area contributed by atoms with Crippen molar-refractivity contribution in [3.8, 4) is 5.69 Å². The summed E-state index contributed by atoms with van der Waals surface area (Å²) in [6.07, 6.45) is 2.51. The molecule has 0 unspecified atom stereocenters. The fraction of sp³-hybridized carbons (Fsp3) is 0.214. The maximum atomic E-state index is 11.1. The molecule has 3 nitrogen and oxygen atoms in total. The van der Waals surface area contributed by atoms with Gasteiger partial charge in [-0.05, 0) is 31.5 Å². The van der Waals surface area contributed by atoms with Gasteiger partial charge in [0.15, 0.2) is 0 Å². The molecule has 0 radical (unpaired) electrons. The van der Waals surface area contributed by atoms with E-state index in [0.29, 0.717) is 12.0 Å². The molecule has 0 aliphatic rings. The van der Waals surface area contributed by atoms with Crippen LogP contribution >= 0.6 is 0 Å². The Balaban J connectivity index is 2.52. The van der Waals surface area contributed by atoms with Crippen LogP contribution in [0.4, 0.5) is 0 Å². The van der Waals surface area contributed by atoms with E-state index in [9.17, 15) is 4.79 Å². The zero-order valence-electron chi connectivity index (χ0n) is 9.97. The van der Waals surface area contributed by atoms with E-state index in [0.717, 1.165) is 11.4 Å². The van der Waals surface area contributed by atoms with Gasteiger partial charge in [-0.1, -0.05) is 24.6 Å². The van der Waals surface area contributed by atoms with Gasteiger partial charge in [0.2, 0.25) is 0 Å². The average molecular weight is 229 g/mol. The lowest BCUT2D eigenvalue weighted by Crippen LogP contribution is -2.04. The highest BCUT2D eigenvalue weighted by atomic mass is 16.4. The maximum absolute atomic E-state index is 11.1. The summed E-state index contributed by atoms with van der Waals surface area (Å²) < 4.78 is 1.93. The first kappa shape index (κ1) is 11.5. The van der Waals surface area contributed by atoms with Crippen molar-refractivity contribution in [2.24, 2.45) is 0 Å². The number of rotatable bonds is 3. The number of hydrogen-bond donors (Lipinski definition) is 1. The summed E-state index contributed by atoms with van der Waals surface area (Å²) in [4.78, 5) is 11.1. The second kappa shape index (κ2) is 4.45. The van der Waals surface area contributed by atoms with E-state index in [4.69, 9.17) is 5.11 Å². The summed E-state index contributed by atoms with van der Waals surface area (Å²) in [7, 11) is 0. The van der Waals surface area contributed by atoms with Crippen LogP contribution in [-0.2, 0) is 6.42 Å². The fourth-order valence-corrected chi connectivity index (χ4v) is 1.97. The fourth-order valence-electron chi connectivity index (χ4n) is 1.97. The third kappa shape index (κ3) is 2.09. The maximum Gasteiger partial charge on any atom is 0.337 e. The Bertz CT molecular complexity index is 538. The van der Waals surface area contributed by atoms with Crippen LogP contribution in [0, 0.1) is 6.92 Å². The third-order valence-electron chi connectivity index (χ3n) is 2.87. The van der Waals surface area contributed by atoms with Crippen molar-refractivity contribution < 1.29 is 9.90 Å². The van der Waals surface area contributed by atoms with Gasteiger partial charge < -0.3 is 9.67 Å². The van der Waals surface area contributed by atoms with Gasteiger partial charge in [-0.15, -0.1) is 0 Å². The van der Waals surface area contributed by atoms with Crippen molar-refractivity contribution in [2.75, 3.05) is 0 Å². The summed E-state index contributed by atoms with van der Waals surface area (Å²) >= 11 is 0. The molecule has 2 aromatic rings. The molecule has 0 bridgehead atoms. The molecule has 0 aliphatic heterocycles. The molecule has 0 saturated heterocycles. The first-order valence-electron chi connectivity index (χ1n) is 5.64. The Morgan fingerprint density at radius 1 is 1.24 bits per heavy atom. The Kier molecular flexibility index (Phi) is 3.00. The largest absolute Gasteiger partial charge is 0.478 e. The quantitative estimate of drug-likeness (QED) is 0.879. The summed E-state index contributed by atoms with van der Waals surface area (Å²) in [6.45, 7) is 4.00. The van der Waals surface area contributed by atoms with Crippen LogP contribution in [0.25, 0.3) is 5.69 Å². The van der Waals surface area contributed by atoms with E-state index in [1.807, 2.05) is 48.9 Å². The van der Waals surface area contributed by atoms with E-state index in [-0.39, 0.29) is 0 Å². The summed E-state index contributed by atoms with van der Waals surface area (Å²) in [5, 5.41) is 9.09. The molecule has 88 valence electrons. The lowest BCUT2D eigenvalue weighted by Gasteiger charge is -2.09. The van der Waals surface area contributed by atoms with Crippen LogP contribution in [-0.4, -0.2) is 15.6 Å². The number of aromatic carboxylic acids is 1. The Hall–Kier alpha value is -2.03. The van der Waals surface area contributed by atoms with E-state index < -0.39 is 5.97 Å². The Morgan fingerprint density at radius 3 is 2.41 bits per heavy atom. The minimum absolute atomic E-state index is 0.382. The molecule has 17 heavy (non-hydrogen) atoms. The molecule has 1 aromatic carbocycles. The molecule has 0 spiro atoms. The van der Waals surface area contributed by atoms with Crippen molar-refractivity contribution in [3.05, 3.63) is 53.3 Å². The molecule has 0 saturated carbocycles. The summed E-state index contributed by atoms with van der Waals surface area (Å²) in [5.74, 6) is -0.868. The second-order valence-electron chi connectivity index (χ2n) is 4.04. The normalized spacial score (nSPS) is 10.5. The topological polar surface area (TPSA) is 42.2 Å². The molecular weight excluding hydrogens is 214 g/mol. The van der Waals surface area contributed by atoms with Crippen LogP contribution < -0.4 is 0 Å². The Morgan fingerprint density at radius 2 is 1.88 bits per heavy atom. The smallest absolute Gasteiger partial charge is 0.337 e. The molecule has 1 heterocycles. The zero-order chi connectivity index (χ0) is 12.4. The number of carboxylic acid groups (broad SMARTS) is 1. The van der Waals surface area contributed by atoms with Gasteiger partial charge in [0.05, 0.1) is 5.56 Å². The molecule has 2 rings (SSSR count). The van der Waals surface area contributed by atoms with E-state index >= 15 is 0 Å². The van der Waals surface area contributed by atoms with Crippen molar-refractivity contribution >= 4 is 5.97 Å². The van der Waals surface area contributed by atoms with Crippen molar-refractivity contribution in [3.63, 3.8) is 0 Å². The second-order valence-corrected chi connectivity index (χ2v) is 4.04. The number of aryl methyl sites for hydroxylation is 1. The van der Waals surface area contributed by atoms with Gasteiger partial charge in [-0.2, -0.15) is 0 Å². The standard InChI is InChI=1S/C14H15NO2/c1-3-13-12(14(16)17)8-9-15(13)11-6-4-10(2)5-7-11/h4-9H,3H2,1-2H3,(H,16,17). The van der Waals surface area contributed by atoms with Gasteiger partial charge in [-0.25, -0.2) is 4.79 Å². The number of hydrogen-bond acceptors (Lipinski definition) is 1. The molecule has 0 fully saturated rings. The minimum atomic E-state index is -0.868. The van der Waals surface area contributed by atoms with Crippen molar-refractivity contribution in [1.29, 1.82) is 0 Å². The average Bonchev–Trinajstić information content (AvgIpc) is 2.73. The molecular formula is C14H15NO2. The van der Waals surface area contributed by atoms with Gasteiger partial charge >= 0.3 is 5.97 Å². The molecule has 1 N–H and O–H groups in total. The highest BCUT2D eigenvalue weighted by Crippen LogP contribution is 2.18. The van der Waals surface area contributed by atoms with Gasteiger partial charge in [-0.3, -0.25) is 0 Å². The summed E-state index contributed by atoms with van der Waals surface area (Å²) in [5.41, 5.74) is 3.41. The highest BCUT2D eigenvalue weighted by Gasteiger charge is 2.13. The molecule has 1 aromatic heterocycles. The molecule has 0 aliphatic carbocycles. The van der Waals surface area contributed by atoms with E-state index in [1.165, 1.54) is 5.56 Å². The first-order valence-corrected chi connectivity index (χ1v) is 5.64. The lowest BCUT2D eigenvalue weighted by atomic mass is 10.2. The van der Waals surface area contributed by atoms with Gasteiger partial charge in [0, 0.05) is 17.6 Å². The number of carboxylic acids is 1. The van der Waals surface area contributed by atoms with E-state index in [2.05, 4.69) is 0 Å². The van der Waals surface area contributed by atoms with Crippen molar-refractivity contribution in [2.45, 2.75) is 20.3 Å². The number of carbonyl (C=O) groups is 1. The first-order chi connectivity index (χ1) is 8.13. The number of aromatic nitrogens is 1. The van der Waals surface area contributed by atoms with Gasteiger partial charge in [0.25, 0.3) is 0 Å². The van der Waals surface area contributed by atoms with Gasteiger partial charge in [0.1, 0.15) is 0 Å².